The number of allylic oxidation sites excluding steroid dienone is 4. The number of urea groups is 1. The normalized spacial score (nSPS) is 18.8. The molecule has 1 aromatic carbocycles. The standard InChI is InChI=1S/C21H28BrClN2.C8H14N2O2/c1-4-16-12-18(23)13-20(22)21(16)19(7-5-6-15(2)14-24)17-8-10-25(3)11-9-17;9-8(12)10-4-1-7(2-5-10)3-6-11/h5-7,12-14,17,19,24H,4,8-11H2,1-3H3;6-7H,1-5H2,(H2,9,12)/b7-5+,15-6-,24-14?;. The maximum absolute atomic E-state index is 10.7. The number of halogens is 2. The van der Waals surface area contributed by atoms with Gasteiger partial charge in [0.15, 0.2) is 0 Å². The number of hydrogen-bond donors (Lipinski definition) is 2. The van der Waals surface area contributed by atoms with Crippen molar-refractivity contribution >= 4 is 46.1 Å². The molecular weight excluding hydrogens is 552 g/mol. The number of hydrogen-bond acceptors (Lipinski definition) is 4. The van der Waals surface area contributed by atoms with Crippen molar-refractivity contribution < 1.29 is 9.59 Å². The van der Waals surface area contributed by atoms with E-state index in [-0.39, 0.29) is 6.03 Å². The molecule has 2 heterocycles. The molecule has 37 heavy (non-hydrogen) atoms. The third kappa shape index (κ3) is 10.0. The molecule has 6 nitrogen and oxygen atoms in total. The van der Waals surface area contributed by atoms with Crippen molar-refractivity contribution in [3.05, 3.63) is 56.6 Å². The number of rotatable bonds is 8. The van der Waals surface area contributed by atoms with Crippen LogP contribution in [0.4, 0.5) is 4.79 Å². The summed E-state index contributed by atoms with van der Waals surface area (Å²) in [7, 11) is 2.20. The van der Waals surface area contributed by atoms with E-state index >= 15 is 0 Å². The molecule has 1 atom stereocenters. The van der Waals surface area contributed by atoms with E-state index in [1.807, 2.05) is 19.1 Å². The van der Waals surface area contributed by atoms with E-state index in [0.717, 1.165) is 53.7 Å². The number of likely N-dealkylation sites (tertiary alicyclic amines) is 2. The quantitative estimate of drug-likeness (QED) is 0.202. The highest BCUT2D eigenvalue weighted by molar-refractivity contribution is 9.10. The number of piperidine rings is 2. The Bertz CT molecular complexity index is 965. The van der Waals surface area contributed by atoms with Crippen LogP contribution in [-0.2, 0) is 11.2 Å². The highest BCUT2D eigenvalue weighted by atomic mass is 79.9. The fourth-order valence-electron chi connectivity index (χ4n) is 5.08. The number of amides is 2. The zero-order valence-corrected chi connectivity index (χ0v) is 24.7. The first-order valence-electron chi connectivity index (χ1n) is 13.2. The maximum atomic E-state index is 10.7. The van der Waals surface area contributed by atoms with E-state index in [9.17, 15) is 9.59 Å². The highest BCUT2D eigenvalue weighted by Crippen LogP contribution is 2.40. The van der Waals surface area contributed by atoms with Gasteiger partial charge in [-0.3, -0.25) is 0 Å². The van der Waals surface area contributed by atoms with Gasteiger partial charge in [-0.25, -0.2) is 4.79 Å². The molecule has 2 aliphatic heterocycles. The summed E-state index contributed by atoms with van der Waals surface area (Å²) >= 11 is 10.1. The topological polar surface area (TPSA) is 90.5 Å². The molecule has 2 aliphatic rings. The third-order valence-corrected chi connectivity index (χ3v) is 8.30. The van der Waals surface area contributed by atoms with Gasteiger partial charge in [-0.15, -0.1) is 0 Å². The van der Waals surface area contributed by atoms with Crippen LogP contribution in [0.15, 0.2) is 40.4 Å². The van der Waals surface area contributed by atoms with Crippen LogP contribution < -0.4 is 5.73 Å². The van der Waals surface area contributed by atoms with Gasteiger partial charge in [0.1, 0.15) is 6.29 Å². The summed E-state index contributed by atoms with van der Waals surface area (Å²) in [5.74, 6) is 1.45. The van der Waals surface area contributed by atoms with Gasteiger partial charge < -0.3 is 25.7 Å². The molecule has 0 bridgehead atoms. The number of aldehydes is 1. The summed E-state index contributed by atoms with van der Waals surface area (Å²) < 4.78 is 1.11. The van der Waals surface area contributed by atoms with E-state index in [2.05, 4.69) is 53.0 Å². The lowest BCUT2D eigenvalue weighted by atomic mass is 9.78. The van der Waals surface area contributed by atoms with Crippen molar-refractivity contribution in [2.45, 2.75) is 58.3 Å². The predicted molar refractivity (Wildman–Crippen MR) is 158 cm³/mol. The van der Waals surface area contributed by atoms with Gasteiger partial charge in [0.2, 0.25) is 0 Å². The summed E-state index contributed by atoms with van der Waals surface area (Å²) in [5, 5.41) is 8.13. The van der Waals surface area contributed by atoms with Crippen LogP contribution in [0.1, 0.15) is 63.0 Å². The van der Waals surface area contributed by atoms with Crippen LogP contribution in [0, 0.1) is 17.2 Å². The largest absolute Gasteiger partial charge is 0.351 e. The first-order chi connectivity index (χ1) is 17.7. The number of nitrogens with two attached hydrogens (primary N) is 1. The molecule has 3 N–H and O–H groups in total. The summed E-state index contributed by atoms with van der Waals surface area (Å²) in [4.78, 5) is 24.9. The van der Waals surface area contributed by atoms with Crippen molar-refractivity contribution in [2.24, 2.45) is 17.6 Å². The van der Waals surface area contributed by atoms with Crippen molar-refractivity contribution in [3.63, 3.8) is 0 Å². The van der Waals surface area contributed by atoms with E-state index in [1.54, 1.807) is 4.90 Å². The summed E-state index contributed by atoms with van der Waals surface area (Å²) in [6, 6.07) is 3.78. The monoisotopic (exact) mass is 592 g/mol. The van der Waals surface area contributed by atoms with E-state index in [1.165, 1.54) is 30.2 Å². The summed E-state index contributed by atoms with van der Waals surface area (Å²) in [6.07, 6.45) is 14.6. The van der Waals surface area contributed by atoms with Crippen molar-refractivity contribution in [1.82, 2.24) is 9.80 Å². The minimum absolute atomic E-state index is 0.348. The fourth-order valence-corrected chi connectivity index (χ4v) is 6.22. The second-order valence-electron chi connectivity index (χ2n) is 10.1. The lowest BCUT2D eigenvalue weighted by molar-refractivity contribution is -0.108. The van der Waals surface area contributed by atoms with E-state index in [0.29, 0.717) is 37.3 Å². The van der Waals surface area contributed by atoms with Crippen LogP contribution >= 0.6 is 27.5 Å². The molecule has 3 rings (SSSR count). The summed E-state index contributed by atoms with van der Waals surface area (Å²) in [5.41, 5.74) is 8.76. The zero-order chi connectivity index (χ0) is 27.4. The molecule has 204 valence electrons. The minimum atomic E-state index is -0.348. The van der Waals surface area contributed by atoms with Crippen LogP contribution in [0.25, 0.3) is 0 Å². The number of aryl methyl sites for hydroxylation is 1. The number of benzene rings is 1. The van der Waals surface area contributed by atoms with E-state index < -0.39 is 0 Å². The van der Waals surface area contributed by atoms with Crippen molar-refractivity contribution in [3.8, 4) is 0 Å². The van der Waals surface area contributed by atoms with Crippen LogP contribution in [0.5, 0.6) is 0 Å². The number of carbonyl (C=O) groups is 2. The molecule has 2 fully saturated rings. The first kappa shape index (κ1) is 31.3. The van der Waals surface area contributed by atoms with Crippen molar-refractivity contribution in [2.75, 3.05) is 33.2 Å². The van der Waals surface area contributed by atoms with Gasteiger partial charge in [-0.2, -0.15) is 0 Å². The Hall–Kier alpha value is -1.96. The molecule has 0 aliphatic carbocycles. The first-order valence-corrected chi connectivity index (χ1v) is 14.4. The number of nitrogens with zero attached hydrogens (tertiary/aromatic N) is 2. The lowest BCUT2D eigenvalue weighted by Crippen LogP contribution is -2.41. The number of carbonyl (C=O) groups excluding carboxylic acids is 2. The fraction of sp³-hybridized carbons (Fsp3) is 0.552. The Morgan fingerprint density at radius 3 is 2.41 bits per heavy atom. The Morgan fingerprint density at radius 1 is 1.22 bits per heavy atom. The average molecular weight is 594 g/mol. The number of nitrogens with one attached hydrogen (secondary N) is 1. The van der Waals surface area contributed by atoms with Crippen LogP contribution in [-0.4, -0.2) is 61.6 Å². The Balaban J connectivity index is 0.000000335. The Morgan fingerprint density at radius 2 is 1.86 bits per heavy atom. The van der Waals surface area contributed by atoms with Gasteiger partial charge in [0.25, 0.3) is 0 Å². The second kappa shape index (κ2) is 16.1. The average Bonchev–Trinajstić information content (AvgIpc) is 2.88. The molecule has 2 amide bonds. The van der Waals surface area contributed by atoms with Crippen LogP contribution in [0.2, 0.25) is 5.02 Å². The van der Waals surface area contributed by atoms with E-state index in [4.69, 9.17) is 22.7 Å². The predicted octanol–water partition coefficient (Wildman–Crippen LogP) is 6.61. The summed E-state index contributed by atoms with van der Waals surface area (Å²) in [6.45, 7) is 7.85. The molecule has 1 unspecified atom stereocenters. The Labute approximate surface area is 235 Å². The lowest BCUT2D eigenvalue weighted by Gasteiger charge is -2.34. The van der Waals surface area contributed by atoms with Crippen molar-refractivity contribution in [1.29, 1.82) is 5.41 Å². The smallest absolute Gasteiger partial charge is 0.314 e. The SMILES string of the molecule is CCc1cc(Cl)cc(Br)c1C(/C=C/C=C(/C)C=N)C1CCN(C)CC1.NC(=O)N1CCC(CC=O)CC1. The van der Waals surface area contributed by atoms with Gasteiger partial charge in [-0.05, 0) is 99.8 Å². The Kier molecular flexibility index (Phi) is 13.6. The molecule has 0 saturated carbocycles. The number of primary amides is 1. The highest BCUT2D eigenvalue weighted by Gasteiger charge is 2.28. The maximum Gasteiger partial charge on any atom is 0.314 e. The molecule has 0 spiro atoms. The molecule has 1 aromatic rings. The zero-order valence-electron chi connectivity index (χ0n) is 22.4. The van der Waals surface area contributed by atoms with Gasteiger partial charge >= 0.3 is 6.03 Å². The second-order valence-corrected chi connectivity index (χ2v) is 11.4. The third-order valence-electron chi connectivity index (χ3n) is 7.43. The molecule has 0 aromatic heterocycles. The van der Waals surface area contributed by atoms with Crippen LogP contribution in [0.3, 0.4) is 0 Å². The minimum Gasteiger partial charge on any atom is -0.351 e. The molecule has 8 heteroatoms. The van der Waals surface area contributed by atoms with Gasteiger partial charge in [0.05, 0.1) is 0 Å². The van der Waals surface area contributed by atoms with Gasteiger partial charge in [0, 0.05) is 41.1 Å². The molecule has 0 radical (unpaired) electrons. The molecule has 2 saturated heterocycles. The van der Waals surface area contributed by atoms with Gasteiger partial charge in [-0.1, -0.05) is 52.7 Å². The molecular formula is C29H42BrClN4O2.